The maximum atomic E-state index is 4.73. The molecule has 5 nitrogen and oxygen atoms in total. The van der Waals surface area contributed by atoms with Crippen molar-refractivity contribution in [2.75, 3.05) is 19.6 Å². The first-order chi connectivity index (χ1) is 12.7. The Kier molecular flexibility index (Phi) is 8.56. The van der Waals surface area contributed by atoms with Crippen LogP contribution in [0.2, 0.25) is 0 Å². The predicted molar refractivity (Wildman–Crippen MR) is 126 cm³/mol. The molecule has 7 heteroatoms. The predicted octanol–water partition coefficient (Wildman–Crippen LogP) is 4.22. The number of nitrogens with zero attached hydrogens (tertiary/aromatic N) is 3. The lowest BCUT2D eigenvalue weighted by atomic mass is 10.1. The number of pyridine rings is 1. The van der Waals surface area contributed by atoms with Gasteiger partial charge in [-0.2, -0.15) is 0 Å². The van der Waals surface area contributed by atoms with E-state index in [2.05, 4.69) is 71.6 Å². The van der Waals surface area contributed by atoms with Crippen molar-refractivity contribution in [3.8, 4) is 0 Å². The average Bonchev–Trinajstić information content (AvgIpc) is 3.29. The van der Waals surface area contributed by atoms with Crippen LogP contribution in [0.25, 0.3) is 5.65 Å². The molecule has 3 rings (SSSR count). The van der Waals surface area contributed by atoms with Crippen molar-refractivity contribution in [2.45, 2.75) is 33.1 Å². The van der Waals surface area contributed by atoms with E-state index in [1.807, 2.05) is 6.20 Å². The lowest BCUT2D eigenvalue weighted by molar-refractivity contribution is 0.752. The maximum Gasteiger partial charge on any atom is 0.191 e. The number of fused-ring (bicyclic) bond motifs is 1. The van der Waals surface area contributed by atoms with E-state index in [1.165, 1.54) is 10.4 Å². The van der Waals surface area contributed by atoms with E-state index in [0.717, 1.165) is 43.4 Å². The van der Waals surface area contributed by atoms with Gasteiger partial charge in [0.25, 0.3) is 0 Å². The van der Waals surface area contributed by atoms with Crippen LogP contribution in [0.3, 0.4) is 0 Å². The highest BCUT2D eigenvalue weighted by molar-refractivity contribution is 14.0. The summed E-state index contributed by atoms with van der Waals surface area (Å²) < 4.78 is 2.09. The average molecular weight is 497 g/mol. The fourth-order valence-electron chi connectivity index (χ4n) is 2.87. The molecule has 0 bridgehead atoms. The fraction of sp³-hybridized carbons (Fsp3) is 0.400. The molecule has 3 aromatic heterocycles. The summed E-state index contributed by atoms with van der Waals surface area (Å²) in [5, 5.41) is 8.86. The van der Waals surface area contributed by atoms with Gasteiger partial charge in [0.1, 0.15) is 5.65 Å². The number of guanidine groups is 1. The zero-order valence-electron chi connectivity index (χ0n) is 16.1. The van der Waals surface area contributed by atoms with E-state index in [4.69, 9.17) is 9.98 Å². The smallest absolute Gasteiger partial charge is 0.191 e. The quantitative estimate of drug-likeness (QED) is 0.292. The van der Waals surface area contributed by atoms with Gasteiger partial charge in [-0.3, -0.25) is 4.99 Å². The molecule has 1 unspecified atom stereocenters. The van der Waals surface area contributed by atoms with Gasteiger partial charge in [-0.05, 0) is 36.9 Å². The number of nitrogens with one attached hydrogen (secondary N) is 2. The van der Waals surface area contributed by atoms with Crippen LogP contribution in [0.4, 0.5) is 0 Å². The second-order valence-corrected chi connectivity index (χ2v) is 7.45. The van der Waals surface area contributed by atoms with Crippen LogP contribution in [-0.2, 0) is 6.42 Å². The Morgan fingerprint density at radius 1 is 1.30 bits per heavy atom. The van der Waals surface area contributed by atoms with Gasteiger partial charge in [-0.15, -0.1) is 35.3 Å². The third kappa shape index (κ3) is 5.93. The summed E-state index contributed by atoms with van der Waals surface area (Å²) in [7, 11) is 0. The van der Waals surface area contributed by atoms with Crippen molar-refractivity contribution in [3.05, 3.63) is 58.2 Å². The molecule has 0 radical (unpaired) electrons. The van der Waals surface area contributed by atoms with Crippen molar-refractivity contribution in [3.63, 3.8) is 0 Å². The number of aliphatic imine (C=N–C) groups is 1. The Morgan fingerprint density at radius 3 is 2.85 bits per heavy atom. The number of rotatable bonds is 7. The molecule has 0 aromatic carbocycles. The lowest BCUT2D eigenvalue weighted by Gasteiger charge is -2.12. The molecule has 0 fully saturated rings. The van der Waals surface area contributed by atoms with Gasteiger partial charge in [0, 0.05) is 42.7 Å². The molecular weight excluding hydrogens is 469 g/mol. The fourth-order valence-corrected chi connectivity index (χ4v) is 3.64. The molecule has 2 N–H and O–H groups in total. The van der Waals surface area contributed by atoms with Crippen LogP contribution in [-0.4, -0.2) is 35.0 Å². The van der Waals surface area contributed by atoms with E-state index in [1.54, 1.807) is 11.3 Å². The van der Waals surface area contributed by atoms with Crippen LogP contribution in [0, 0.1) is 6.92 Å². The van der Waals surface area contributed by atoms with Gasteiger partial charge >= 0.3 is 0 Å². The Hall–Kier alpha value is -1.61. The van der Waals surface area contributed by atoms with Gasteiger partial charge in [0.15, 0.2) is 5.96 Å². The Morgan fingerprint density at radius 2 is 2.15 bits per heavy atom. The molecule has 1 atom stereocenters. The Balaban J connectivity index is 0.00000261. The molecule has 3 heterocycles. The van der Waals surface area contributed by atoms with E-state index in [0.29, 0.717) is 5.92 Å². The number of imidazole rings is 1. The summed E-state index contributed by atoms with van der Waals surface area (Å²) >= 11 is 1.79. The summed E-state index contributed by atoms with van der Waals surface area (Å²) in [6.45, 7) is 8.84. The normalized spacial score (nSPS) is 12.6. The zero-order chi connectivity index (χ0) is 18.4. The number of hydrogen-bond donors (Lipinski definition) is 2. The van der Waals surface area contributed by atoms with Crippen LogP contribution in [0.5, 0.6) is 0 Å². The van der Waals surface area contributed by atoms with Crippen molar-refractivity contribution in [1.29, 1.82) is 0 Å². The summed E-state index contributed by atoms with van der Waals surface area (Å²) in [5.74, 6) is 1.31. The van der Waals surface area contributed by atoms with E-state index >= 15 is 0 Å². The third-order valence-corrected chi connectivity index (χ3v) is 5.40. The van der Waals surface area contributed by atoms with Crippen molar-refractivity contribution in [2.24, 2.45) is 4.99 Å². The Labute approximate surface area is 182 Å². The molecule has 27 heavy (non-hydrogen) atoms. The van der Waals surface area contributed by atoms with E-state index in [-0.39, 0.29) is 24.0 Å². The van der Waals surface area contributed by atoms with Crippen molar-refractivity contribution >= 4 is 46.9 Å². The standard InChI is InChI=1S/C20H27N5S.HI/c1-4-21-20(23-13-16(3)18-8-6-12-26-18)22-10-9-17-14-25-11-5-7-15(2)19(25)24-17;/h5-8,11-12,14,16H,4,9-10,13H2,1-3H3,(H2,21,22,23);1H. The van der Waals surface area contributed by atoms with Gasteiger partial charge in [-0.25, -0.2) is 4.98 Å². The lowest BCUT2D eigenvalue weighted by Crippen LogP contribution is -2.38. The van der Waals surface area contributed by atoms with Crippen LogP contribution in [0.1, 0.15) is 35.9 Å². The molecule has 0 spiro atoms. The molecule has 0 aliphatic rings. The van der Waals surface area contributed by atoms with Crippen LogP contribution in [0.15, 0.2) is 47.0 Å². The van der Waals surface area contributed by atoms with Crippen molar-refractivity contribution in [1.82, 2.24) is 20.0 Å². The maximum absolute atomic E-state index is 4.73. The zero-order valence-corrected chi connectivity index (χ0v) is 19.3. The minimum Gasteiger partial charge on any atom is -0.357 e. The topological polar surface area (TPSA) is 53.7 Å². The van der Waals surface area contributed by atoms with Gasteiger partial charge < -0.3 is 15.0 Å². The number of thiophene rings is 1. The molecule has 3 aromatic rings. The summed E-state index contributed by atoms with van der Waals surface area (Å²) in [6.07, 6.45) is 5.02. The first-order valence-corrected chi connectivity index (χ1v) is 10.0. The van der Waals surface area contributed by atoms with E-state index in [9.17, 15) is 0 Å². The van der Waals surface area contributed by atoms with Crippen LogP contribution >= 0.6 is 35.3 Å². The van der Waals surface area contributed by atoms with Gasteiger partial charge in [0.2, 0.25) is 0 Å². The largest absolute Gasteiger partial charge is 0.357 e. The second-order valence-electron chi connectivity index (χ2n) is 6.47. The monoisotopic (exact) mass is 497 g/mol. The minimum absolute atomic E-state index is 0. The third-order valence-electron chi connectivity index (χ3n) is 4.30. The van der Waals surface area contributed by atoms with Gasteiger partial charge in [0.05, 0.1) is 12.2 Å². The van der Waals surface area contributed by atoms with Gasteiger partial charge in [-0.1, -0.05) is 19.1 Å². The minimum atomic E-state index is 0. The molecule has 0 aliphatic heterocycles. The molecule has 0 amide bonds. The highest BCUT2D eigenvalue weighted by Gasteiger charge is 2.07. The molecular formula is C20H28IN5S. The highest BCUT2D eigenvalue weighted by atomic mass is 127. The summed E-state index contributed by atoms with van der Waals surface area (Å²) in [6, 6.07) is 8.42. The second kappa shape index (κ2) is 10.7. The molecule has 146 valence electrons. The number of aromatic nitrogens is 2. The first-order valence-electron chi connectivity index (χ1n) is 9.16. The molecule has 0 saturated carbocycles. The van der Waals surface area contributed by atoms with Crippen LogP contribution < -0.4 is 10.6 Å². The SMILES string of the molecule is CCNC(=NCC(C)c1cccs1)NCCc1cn2cccc(C)c2n1.I. The van der Waals surface area contributed by atoms with Crippen molar-refractivity contribution < 1.29 is 0 Å². The first kappa shape index (κ1) is 21.7. The summed E-state index contributed by atoms with van der Waals surface area (Å²) in [5.41, 5.74) is 3.33. The molecule has 0 aliphatic carbocycles. The number of hydrogen-bond acceptors (Lipinski definition) is 3. The number of halogens is 1. The molecule has 0 saturated heterocycles. The van der Waals surface area contributed by atoms with E-state index < -0.39 is 0 Å². The highest BCUT2D eigenvalue weighted by Crippen LogP contribution is 2.20. The number of aryl methyl sites for hydroxylation is 1. The Bertz CT molecular complexity index is 857. The summed E-state index contributed by atoms with van der Waals surface area (Å²) in [4.78, 5) is 10.8.